The first-order chi connectivity index (χ1) is 15.9. The Morgan fingerprint density at radius 1 is 0.879 bits per heavy atom. The van der Waals surface area contributed by atoms with Gasteiger partial charge in [0.05, 0.1) is 6.10 Å². The molecule has 2 aromatic rings. The lowest BCUT2D eigenvalue weighted by atomic mass is 9.80. The fourth-order valence-corrected chi connectivity index (χ4v) is 5.09. The average molecular weight is 465 g/mol. The maximum absolute atomic E-state index is 14.9. The Hall–Kier alpha value is -2.21. The van der Waals surface area contributed by atoms with Crippen molar-refractivity contribution in [3.63, 3.8) is 0 Å². The highest BCUT2D eigenvalue weighted by Crippen LogP contribution is 2.39. The lowest BCUT2D eigenvalue weighted by Gasteiger charge is -2.35. The van der Waals surface area contributed by atoms with Gasteiger partial charge >= 0.3 is 0 Å². The van der Waals surface area contributed by atoms with Crippen molar-refractivity contribution in [3.8, 4) is 11.1 Å². The summed E-state index contributed by atoms with van der Waals surface area (Å²) in [6.07, 6.45) is 10.3. The fraction of sp³-hybridized carbons (Fsp3) is 0.481. The zero-order valence-corrected chi connectivity index (χ0v) is 18.8. The highest BCUT2D eigenvalue weighted by atomic mass is 19.2. The van der Waals surface area contributed by atoms with Crippen molar-refractivity contribution in [3.05, 3.63) is 65.0 Å². The number of halogens is 5. The van der Waals surface area contributed by atoms with Crippen LogP contribution in [-0.4, -0.2) is 12.7 Å². The molecule has 2 aromatic carbocycles. The third-order valence-electron chi connectivity index (χ3n) is 7.07. The van der Waals surface area contributed by atoms with Crippen LogP contribution in [0.1, 0.15) is 63.9 Å². The molecule has 33 heavy (non-hydrogen) atoms. The summed E-state index contributed by atoms with van der Waals surface area (Å²) in [4.78, 5) is 0. The molecule has 1 aliphatic heterocycles. The van der Waals surface area contributed by atoms with Crippen LogP contribution in [0.15, 0.2) is 30.3 Å². The summed E-state index contributed by atoms with van der Waals surface area (Å²) in [6, 6.07) is 4.04. The largest absolute Gasteiger partial charge is 0.378 e. The lowest BCUT2D eigenvalue weighted by Crippen LogP contribution is -2.32. The molecule has 0 spiro atoms. The van der Waals surface area contributed by atoms with Gasteiger partial charge in [0.2, 0.25) is 0 Å². The Labute approximate surface area is 191 Å². The number of rotatable bonds is 6. The molecule has 0 aromatic heterocycles. The number of allylic oxidation sites excluding steroid dienone is 2. The molecule has 6 heteroatoms. The standard InChI is InChI=1S/C27H29F5O/c1-2-3-4-16-5-12-24(33-15-16)18-8-6-17(7-9-18)20-10-11-21(26(31)25(20)30)19-13-22(28)27(32)23(29)14-19/h6,10-11,13-14,16,18,24H,2-5,7-9,12,15H2,1H3. The molecule has 3 unspecified atom stereocenters. The monoisotopic (exact) mass is 464 g/mol. The second-order valence-electron chi connectivity index (χ2n) is 9.26. The first-order valence-electron chi connectivity index (χ1n) is 11.8. The van der Waals surface area contributed by atoms with Crippen LogP contribution < -0.4 is 0 Å². The van der Waals surface area contributed by atoms with Crippen LogP contribution in [0.3, 0.4) is 0 Å². The van der Waals surface area contributed by atoms with E-state index in [9.17, 15) is 22.0 Å². The van der Waals surface area contributed by atoms with Gasteiger partial charge in [0.1, 0.15) is 0 Å². The molecule has 0 amide bonds. The summed E-state index contributed by atoms with van der Waals surface area (Å²) in [7, 11) is 0. The number of benzene rings is 2. The molecule has 178 valence electrons. The van der Waals surface area contributed by atoms with E-state index in [0.29, 0.717) is 30.4 Å². The summed E-state index contributed by atoms with van der Waals surface area (Å²) in [5.41, 5.74) is 0.319. The van der Waals surface area contributed by atoms with Crippen LogP contribution in [0.25, 0.3) is 16.7 Å². The van der Waals surface area contributed by atoms with Crippen molar-refractivity contribution in [1.82, 2.24) is 0 Å². The number of unbranched alkanes of at least 4 members (excludes halogenated alkanes) is 1. The van der Waals surface area contributed by atoms with Crippen molar-refractivity contribution in [2.75, 3.05) is 6.61 Å². The highest BCUT2D eigenvalue weighted by molar-refractivity contribution is 5.72. The SMILES string of the molecule is CCCCC1CCC(C2CC=C(c3ccc(-c4cc(F)c(F)c(F)c4)c(F)c3F)CC2)OC1. The molecule has 4 rings (SSSR count). The van der Waals surface area contributed by atoms with E-state index in [-0.39, 0.29) is 22.8 Å². The van der Waals surface area contributed by atoms with Gasteiger partial charge in [-0.1, -0.05) is 38.0 Å². The maximum atomic E-state index is 14.9. The van der Waals surface area contributed by atoms with Crippen LogP contribution in [0.4, 0.5) is 22.0 Å². The van der Waals surface area contributed by atoms with Gasteiger partial charge in [-0.2, -0.15) is 0 Å². The maximum Gasteiger partial charge on any atom is 0.194 e. The van der Waals surface area contributed by atoms with Crippen LogP contribution in [0, 0.1) is 40.9 Å². The Morgan fingerprint density at radius 3 is 2.18 bits per heavy atom. The Kier molecular flexibility index (Phi) is 7.52. The van der Waals surface area contributed by atoms with Gasteiger partial charge in [-0.25, -0.2) is 22.0 Å². The van der Waals surface area contributed by atoms with Crippen LogP contribution >= 0.6 is 0 Å². The number of hydrogen-bond donors (Lipinski definition) is 0. The topological polar surface area (TPSA) is 9.23 Å². The molecule has 0 N–H and O–H groups in total. The summed E-state index contributed by atoms with van der Waals surface area (Å²) in [5.74, 6) is -5.78. The van der Waals surface area contributed by atoms with Crippen LogP contribution in [0.5, 0.6) is 0 Å². The molecular formula is C27H29F5O. The van der Waals surface area contributed by atoms with E-state index in [0.717, 1.165) is 31.4 Å². The van der Waals surface area contributed by atoms with Gasteiger partial charge in [-0.05, 0) is 73.6 Å². The molecule has 1 nitrogen and oxygen atoms in total. The van der Waals surface area contributed by atoms with Gasteiger partial charge in [0.15, 0.2) is 29.1 Å². The zero-order chi connectivity index (χ0) is 23.5. The second kappa shape index (κ2) is 10.4. The third kappa shape index (κ3) is 5.16. The highest BCUT2D eigenvalue weighted by Gasteiger charge is 2.30. The van der Waals surface area contributed by atoms with Gasteiger partial charge in [-0.3, -0.25) is 0 Å². The second-order valence-corrected chi connectivity index (χ2v) is 9.26. The molecule has 2 aliphatic rings. The van der Waals surface area contributed by atoms with Crippen molar-refractivity contribution >= 4 is 5.57 Å². The van der Waals surface area contributed by atoms with Gasteiger partial charge in [0, 0.05) is 17.7 Å². The van der Waals surface area contributed by atoms with Crippen molar-refractivity contribution in [2.24, 2.45) is 11.8 Å². The van der Waals surface area contributed by atoms with Crippen LogP contribution in [-0.2, 0) is 4.74 Å². The summed E-state index contributed by atoms with van der Waals surface area (Å²) in [5, 5.41) is 0. The van der Waals surface area contributed by atoms with E-state index in [1.165, 1.54) is 37.8 Å². The van der Waals surface area contributed by atoms with Gasteiger partial charge in [-0.15, -0.1) is 0 Å². The van der Waals surface area contributed by atoms with E-state index in [4.69, 9.17) is 4.74 Å². The first-order valence-corrected chi connectivity index (χ1v) is 11.8. The minimum absolute atomic E-state index is 0.155. The minimum atomic E-state index is -1.64. The third-order valence-corrected chi connectivity index (χ3v) is 7.07. The fourth-order valence-electron chi connectivity index (χ4n) is 5.09. The predicted molar refractivity (Wildman–Crippen MR) is 119 cm³/mol. The van der Waals surface area contributed by atoms with Crippen molar-refractivity contribution in [1.29, 1.82) is 0 Å². The predicted octanol–water partition coefficient (Wildman–Crippen LogP) is 8.22. The molecule has 0 radical (unpaired) electrons. The smallest absolute Gasteiger partial charge is 0.194 e. The molecule has 0 bridgehead atoms. The first kappa shape index (κ1) is 23.9. The Bertz CT molecular complexity index is 1000. The molecular weight excluding hydrogens is 435 g/mol. The van der Waals surface area contributed by atoms with Gasteiger partial charge < -0.3 is 4.74 Å². The van der Waals surface area contributed by atoms with Gasteiger partial charge in [0.25, 0.3) is 0 Å². The van der Waals surface area contributed by atoms with E-state index in [1.807, 2.05) is 6.08 Å². The van der Waals surface area contributed by atoms with Crippen molar-refractivity contribution < 1.29 is 26.7 Å². The van der Waals surface area contributed by atoms with E-state index in [2.05, 4.69) is 6.92 Å². The molecule has 1 saturated heterocycles. The molecule has 0 saturated carbocycles. The quantitative estimate of drug-likeness (QED) is 0.309. The average Bonchev–Trinajstić information content (AvgIpc) is 2.83. The Morgan fingerprint density at radius 2 is 1.58 bits per heavy atom. The lowest BCUT2D eigenvalue weighted by molar-refractivity contribution is -0.0507. The van der Waals surface area contributed by atoms with Crippen molar-refractivity contribution in [2.45, 2.75) is 64.4 Å². The zero-order valence-electron chi connectivity index (χ0n) is 18.8. The van der Waals surface area contributed by atoms with E-state index >= 15 is 0 Å². The number of hydrogen-bond acceptors (Lipinski definition) is 1. The van der Waals surface area contributed by atoms with E-state index < -0.39 is 29.1 Å². The Balaban J connectivity index is 1.45. The van der Waals surface area contributed by atoms with Crippen LogP contribution in [0.2, 0.25) is 0 Å². The minimum Gasteiger partial charge on any atom is -0.378 e. The molecule has 1 heterocycles. The molecule has 1 aliphatic carbocycles. The number of ether oxygens (including phenoxy) is 1. The molecule has 3 atom stereocenters. The summed E-state index contributed by atoms with van der Waals surface area (Å²) in [6.45, 7) is 3.01. The molecule has 1 fully saturated rings. The normalized spacial score (nSPS) is 23.5. The summed E-state index contributed by atoms with van der Waals surface area (Å²) < 4.78 is 76.2. The summed E-state index contributed by atoms with van der Waals surface area (Å²) >= 11 is 0. The van der Waals surface area contributed by atoms with E-state index in [1.54, 1.807) is 0 Å².